The maximum absolute atomic E-state index is 9.08. The van der Waals surface area contributed by atoms with Gasteiger partial charge in [0.25, 0.3) is 0 Å². The number of rotatable bonds is 6. The monoisotopic (exact) mass is 967 g/mol. The molecule has 8 aromatic rings. The van der Waals surface area contributed by atoms with Crippen LogP contribution in [0.15, 0.2) is 120 Å². The second-order valence-corrected chi connectivity index (χ2v) is 17.8. The van der Waals surface area contributed by atoms with Crippen LogP contribution in [0.3, 0.4) is 0 Å². The van der Waals surface area contributed by atoms with Gasteiger partial charge in [-0.2, -0.15) is 0 Å². The summed E-state index contributed by atoms with van der Waals surface area (Å²) in [7, 11) is 0. The number of hydrogen-bond donors (Lipinski definition) is 0. The van der Waals surface area contributed by atoms with Gasteiger partial charge in [-0.25, -0.2) is 0 Å². The molecule has 1 radical (unpaired) electrons. The van der Waals surface area contributed by atoms with Gasteiger partial charge >= 0.3 is 0 Å². The summed E-state index contributed by atoms with van der Waals surface area (Å²) in [5, 5.41) is 4.04. The van der Waals surface area contributed by atoms with Gasteiger partial charge in [0.2, 0.25) is 0 Å². The SMILES string of the molecule is [2H]C([2H])([2H])c1c[c-]c(-c2cc(C([2H])([2H])C(C)(C)C)c(C([2H])([2H])[2H])cn2)cc1-c1ccccc1.[2H]C([2H])(c1cnc(-c2[c-]ccc3c2oc2c4ccccc4ccc32)cc1C([2H])([2H])C(C)(C)C)C(C)(C)C.[Ir]. The first-order valence-corrected chi connectivity index (χ1v) is 19.6. The summed E-state index contributed by atoms with van der Waals surface area (Å²) in [5.74, 6) is 0. The molecule has 0 saturated heterocycles. The molecule has 0 N–H and O–H groups in total. The average Bonchev–Trinajstić information content (AvgIpc) is 3.67. The maximum atomic E-state index is 9.08. The number of benzene rings is 5. The van der Waals surface area contributed by atoms with Crippen LogP contribution in [0.25, 0.3) is 66.4 Å². The van der Waals surface area contributed by atoms with Gasteiger partial charge in [-0.3, -0.25) is 0 Å². The topological polar surface area (TPSA) is 38.9 Å². The Bertz CT molecular complexity index is 3230. The fraction of sp³-hybridized carbons (Fsp3) is 0.309. The van der Waals surface area contributed by atoms with Gasteiger partial charge < -0.3 is 14.4 Å². The van der Waals surface area contributed by atoms with Crippen LogP contribution in [0, 0.1) is 42.1 Å². The van der Waals surface area contributed by atoms with E-state index in [1.54, 1.807) is 32.9 Å². The summed E-state index contributed by atoms with van der Waals surface area (Å²) in [6.07, 6.45) is -2.90. The van der Waals surface area contributed by atoms with Crippen LogP contribution in [0.4, 0.5) is 0 Å². The second-order valence-electron chi connectivity index (χ2n) is 17.8. The van der Waals surface area contributed by atoms with Crippen LogP contribution in [0.1, 0.15) is 107 Å². The Morgan fingerprint density at radius 2 is 1.22 bits per heavy atom. The Morgan fingerprint density at radius 3 is 1.93 bits per heavy atom. The minimum Gasteiger partial charge on any atom is -0.500 e. The Balaban J connectivity index is 0.000000231. The molecule has 3 heterocycles. The summed E-state index contributed by atoms with van der Waals surface area (Å²) in [5.41, 5.74) is 2.73. The molecule has 3 aromatic heterocycles. The van der Waals surface area contributed by atoms with Crippen molar-refractivity contribution in [3.05, 3.63) is 155 Å². The first kappa shape index (κ1) is 30.2. The van der Waals surface area contributed by atoms with Crippen molar-refractivity contribution in [2.45, 2.75) is 95.1 Å². The third-order valence-electron chi connectivity index (χ3n) is 9.23. The van der Waals surface area contributed by atoms with Crippen molar-refractivity contribution in [2.24, 2.45) is 16.2 Å². The van der Waals surface area contributed by atoms with Crippen molar-refractivity contribution in [1.29, 1.82) is 0 Å². The summed E-state index contributed by atoms with van der Waals surface area (Å²) in [6.45, 7) is 11.2. The molecule has 0 aliphatic carbocycles. The summed E-state index contributed by atoms with van der Waals surface area (Å²) < 4.78 is 107. The van der Waals surface area contributed by atoms with Gasteiger partial charge in [0.05, 0.1) is 5.58 Å². The smallest absolute Gasteiger partial charge is 0.128 e. The first-order chi connectivity index (χ1) is 32.2. The molecule has 305 valence electrons. The van der Waals surface area contributed by atoms with E-state index in [9.17, 15) is 0 Å². The molecule has 59 heavy (non-hydrogen) atoms. The quantitative estimate of drug-likeness (QED) is 0.156. The van der Waals surface area contributed by atoms with Gasteiger partial charge in [-0.1, -0.05) is 170 Å². The zero-order valence-electron chi connectivity index (χ0n) is 47.1. The maximum Gasteiger partial charge on any atom is 0.128 e. The van der Waals surface area contributed by atoms with Crippen LogP contribution in [0.2, 0.25) is 0 Å². The van der Waals surface area contributed by atoms with Gasteiger partial charge in [0.15, 0.2) is 0 Å². The summed E-state index contributed by atoms with van der Waals surface area (Å²) in [4.78, 5) is 8.97. The average molecular weight is 967 g/mol. The van der Waals surface area contributed by atoms with Crippen molar-refractivity contribution >= 4 is 32.7 Å². The number of pyridine rings is 2. The number of nitrogens with zero attached hydrogens (tertiary/aromatic N) is 2. The number of fused-ring (bicyclic) bond motifs is 5. The first-order valence-electron chi connectivity index (χ1n) is 25.6. The molecule has 0 amide bonds. The van der Waals surface area contributed by atoms with E-state index < -0.39 is 49.1 Å². The van der Waals surface area contributed by atoms with Crippen molar-refractivity contribution in [1.82, 2.24) is 9.97 Å². The third-order valence-corrected chi connectivity index (χ3v) is 9.23. The Hall–Kier alpha value is -4.89. The zero-order chi connectivity index (χ0) is 51.8. The van der Waals surface area contributed by atoms with Gasteiger partial charge in [-0.15, -0.1) is 47.5 Å². The third kappa shape index (κ3) is 10.5. The molecule has 0 aliphatic rings. The van der Waals surface area contributed by atoms with Crippen molar-refractivity contribution < 1.29 is 41.0 Å². The van der Waals surface area contributed by atoms with E-state index in [1.807, 2.05) is 102 Å². The Morgan fingerprint density at radius 1 is 0.593 bits per heavy atom. The van der Waals surface area contributed by atoms with E-state index in [4.69, 9.17) is 20.9 Å². The zero-order valence-corrected chi connectivity index (χ0v) is 37.5. The van der Waals surface area contributed by atoms with Crippen molar-refractivity contribution in [3.8, 4) is 33.6 Å². The molecule has 8 rings (SSSR count). The number of furan rings is 1. The molecule has 0 spiro atoms. The standard InChI is InChI=1S/C31H32NO.C24H26N.Ir/c1-30(2,3)17-21-16-27(32-19-22(21)18-31(4,5)6)26-13-9-12-24-25-15-14-20-10-7-8-11-23(20)28(25)33-29(24)26;1-17-11-12-20(13-22(17)19-9-7-6-8-10-19)23-14-21(15-24(3,4)5)18(2)16-25-23;/h7-12,14-16,19H,17-18H2,1-6H3;6-11,13-14,16H,15H2,1-5H3;/q2*-1;/i17D2,18D2;1D3,2D3,15D2;. The van der Waals surface area contributed by atoms with E-state index in [0.717, 1.165) is 27.1 Å². The summed E-state index contributed by atoms with van der Waals surface area (Å²) in [6, 6.07) is 37.6. The van der Waals surface area contributed by atoms with Crippen molar-refractivity contribution in [3.63, 3.8) is 0 Å². The summed E-state index contributed by atoms with van der Waals surface area (Å²) >= 11 is 0. The van der Waals surface area contributed by atoms with Crippen LogP contribution < -0.4 is 0 Å². The van der Waals surface area contributed by atoms with E-state index in [1.165, 1.54) is 24.5 Å². The molecule has 4 heteroatoms. The van der Waals surface area contributed by atoms with Crippen LogP contribution in [-0.2, 0) is 39.2 Å². The minimum absolute atomic E-state index is 0. The predicted molar refractivity (Wildman–Crippen MR) is 246 cm³/mol. The second kappa shape index (κ2) is 17.4. The molecular formula is C55H58IrN2O-2. The van der Waals surface area contributed by atoms with E-state index in [2.05, 4.69) is 40.3 Å². The van der Waals surface area contributed by atoms with Gasteiger partial charge in [0.1, 0.15) is 5.58 Å². The fourth-order valence-electron chi connectivity index (χ4n) is 6.87. The molecular weight excluding hydrogens is 897 g/mol. The molecule has 0 fully saturated rings. The molecule has 0 bridgehead atoms. The number of hydrogen-bond acceptors (Lipinski definition) is 3. The van der Waals surface area contributed by atoms with Crippen LogP contribution >= 0.6 is 0 Å². The van der Waals surface area contributed by atoms with E-state index in [-0.39, 0.29) is 42.4 Å². The molecule has 0 atom stereocenters. The van der Waals surface area contributed by atoms with E-state index in [0.29, 0.717) is 44.8 Å². The number of aryl methyl sites for hydroxylation is 2. The fourth-order valence-corrected chi connectivity index (χ4v) is 6.87. The normalized spacial score (nSPS) is 16.2. The minimum atomic E-state index is -2.54. The van der Waals surface area contributed by atoms with Crippen LogP contribution in [-0.4, -0.2) is 9.97 Å². The van der Waals surface area contributed by atoms with Crippen molar-refractivity contribution in [2.75, 3.05) is 0 Å². The Kier molecular flexibility index (Phi) is 8.89. The van der Waals surface area contributed by atoms with Crippen LogP contribution in [0.5, 0.6) is 0 Å². The molecule has 0 aliphatic heterocycles. The van der Waals surface area contributed by atoms with Gasteiger partial charge in [-0.05, 0) is 81.2 Å². The molecule has 0 saturated carbocycles. The van der Waals surface area contributed by atoms with Gasteiger partial charge in [0, 0.05) is 59.7 Å². The van der Waals surface area contributed by atoms with E-state index >= 15 is 0 Å². The predicted octanol–water partition coefficient (Wildman–Crippen LogP) is 15.2. The molecule has 5 aromatic carbocycles. The largest absolute Gasteiger partial charge is 0.500 e. The Labute approximate surface area is 382 Å². The number of aromatic nitrogens is 2. The molecule has 0 unspecified atom stereocenters. The molecule has 3 nitrogen and oxygen atoms in total.